The second kappa shape index (κ2) is 5.90. The van der Waals surface area contributed by atoms with Crippen LogP contribution in [0.5, 0.6) is 5.75 Å². The molecule has 90 valence electrons. The summed E-state index contributed by atoms with van der Waals surface area (Å²) in [6.07, 6.45) is 0. The minimum atomic E-state index is 0.473. The SMILES string of the molecule is CNCC(C)c1ccc(C(C)C)cc1OC. The maximum Gasteiger partial charge on any atom is 0.122 e. The molecule has 0 radical (unpaired) electrons. The van der Waals surface area contributed by atoms with Gasteiger partial charge in [-0.05, 0) is 36.1 Å². The summed E-state index contributed by atoms with van der Waals surface area (Å²) in [6.45, 7) is 7.58. The van der Waals surface area contributed by atoms with Crippen molar-refractivity contribution in [2.24, 2.45) is 0 Å². The Balaban J connectivity index is 3.01. The van der Waals surface area contributed by atoms with E-state index in [4.69, 9.17) is 4.74 Å². The molecule has 1 unspecified atom stereocenters. The van der Waals surface area contributed by atoms with Gasteiger partial charge in [0, 0.05) is 6.54 Å². The van der Waals surface area contributed by atoms with Crippen molar-refractivity contribution in [3.63, 3.8) is 0 Å². The molecule has 0 heterocycles. The van der Waals surface area contributed by atoms with Crippen LogP contribution >= 0.6 is 0 Å². The number of rotatable bonds is 5. The molecule has 16 heavy (non-hydrogen) atoms. The lowest BCUT2D eigenvalue weighted by molar-refractivity contribution is 0.405. The lowest BCUT2D eigenvalue weighted by Crippen LogP contribution is -2.15. The lowest BCUT2D eigenvalue weighted by atomic mass is 9.95. The van der Waals surface area contributed by atoms with Gasteiger partial charge in [0.15, 0.2) is 0 Å². The summed E-state index contributed by atoms with van der Waals surface area (Å²) in [7, 11) is 3.72. The topological polar surface area (TPSA) is 21.3 Å². The number of hydrogen-bond donors (Lipinski definition) is 1. The first-order valence-corrected chi connectivity index (χ1v) is 5.92. The molecule has 1 aromatic rings. The van der Waals surface area contributed by atoms with Gasteiger partial charge in [0.1, 0.15) is 5.75 Å². The molecule has 0 spiro atoms. The smallest absolute Gasteiger partial charge is 0.122 e. The second-order valence-corrected chi connectivity index (χ2v) is 4.61. The van der Waals surface area contributed by atoms with Crippen LogP contribution in [0.4, 0.5) is 0 Å². The van der Waals surface area contributed by atoms with Crippen molar-refractivity contribution in [1.29, 1.82) is 0 Å². The van der Waals surface area contributed by atoms with Crippen LogP contribution in [0.2, 0.25) is 0 Å². The Morgan fingerprint density at radius 1 is 1.25 bits per heavy atom. The van der Waals surface area contributed by atoms with E-state index in [9.17, 15) is 0 Å². The van der Waals surface area contributed by atoms with E-state index in [1.165, 1.54) is 11.1 Å². The van der Waals surface area contributed by atoms with Crippen LogP contribution < -0.4 is 10.1 Å². The average Bonchev–Trinajstić information content (AvgIpc) is 2.28. The second-order valence-electron chi connectivity index (χ2n) is 4.61. The molecule has 0 aliphatic carbocycles. The van der Waals surface area contributed by atoms with E-state index in [0.29, 0.717) is 11.8 Å². The summed E-state index contributed by atoms with van der Waals surface area (Å²) < 4.78 is 5.48. The zero-order valence-corrected chi connectivity index (χ0v) is 11.0. The van der Waals surface area contributed by atoms with Crippen LogP contribution in [0, 0.1) is 0 Å². The zero-order chi connectivity index (χ0) is 12.1. The van der Waals surface area contributed by atoms with Gasteiger partial charge in [-0.1, -0.05) is 32.9 Å². The molecule has 1 rings (SSSR count). The number of nitrogens with one attached hydrogen (secondary N) is 1. The van der Waals surface area contributed by atoms with Crippen LogP contribution in [0.15, 0.2) is 18.2 Å². The number of likely N-dealkylation sites (N-methyl/N-ethyl adjacent to an activating group) is 1. The van der Waals surface area contributed by atoms with Gasteiger partial charge in [0.25, 0.3) is 0 Å². The van der Waals surface area contributed by atoms with Crippen molar-refractivity contribution >= 4 is 0 Å². The molecule has 0 aliphatic rings. The minimum absolute atomic E-state index is 0.473. The van der Waals surface area contributed by atoms with Crippen molar-refractivity contribution in [1.82, 2.24) is 5.32 Å². The maximum absolute atomic E-state index is 5.48. The van der Waals surface area contributed by atoms with E-state index < -0.39 is 0 Å². The molecule has 0 amide bonds. The first kappa shape index (κ1) is 13.0. The van der Waals surface area contributed by atoms with Crippen molar-refractivity contribution in [2.75, 3.05) is 20.7 Å². The first-order chi connectivity index (χ1) is 7.60. The van der Waals surface area contributed by atoms with Gasteiger partial charge in [0.2, 0.25) is 0 Å². The fraction of sp³-hybridized carbons (Fsp3) is 0.571. The van der Waals surface area contributed by atoms with Crippen LogP contribution in [-0.2, 0) is 0 Å². The molecule has 0 saturated heterocycles. The highest BCUT2D eigenvalue weighted by Crippen LogP contribution is 2.29. The molecule has 0 aromatic heterocycles. The van der Waals surface area contributed by atoms with Gasteiger partial charge in [0.05, 0.1) is 7.11 Å². The normalized spacial score (nSPS) is 12.9. The fourth-order valence-electron chi connectivity index (χ4n) is 1.91. The number of methoxy groups -OCH3 is 1. The largest absolute Gasteiger partial charge is 0.496 e. The van der Waals surface area contributed by atoms with Crippen molar-refractivity contribution in [3.05, 3.63) is 29.3 Å². The Labute approximate surface area is 99.0 Å². The molecule has 2 nitrogen and oxygen atoms in total. The third-order valence-corrected chi connectivity index (χ3v) is 2.97. The summed E-state index contributed by atoms with van der Waals surface area (Å²) in [5, 5.41) is 3.20. The van der Waals surface area contributed by atoms with E-state index >= 15 is 0 Å². The summed E-state index contributed by atoms with van der Waals surface area (Å²) in [5.74, 6) is 2.03. The molecular weight excluding hydrogens is 198 g/mol. The highest BCUT2D eigenvalue weighted by molar-refractivity contribution is 5.40. The van der Waals surface area contributed by atoms with Crippen LogP contribution in [0.25, 0.3) is 0 Å². The molecular formula is C14H23NO. The van der Waals surface area contributed by atoms with Gasteiger partial charge in [-0.15, -0.1) is 0 Å². The molecule has 1 N–H and O–H groups in total. The number of benzene rings is 1. The van der Waals surface area contributed by atoms with Crippen LogP contribution in [0.3, 0.4) is 0 Å². The third-order valence-electron chi connectivity index (χ3n) is 2.97. The maximum atomic E-state index is 5.48. The van der Waals surface area contributed by atoms with Gasteiger partial charge >= 0.3 is 0 Å². The fourth-order valence-corrected chi connectivity index (χ4v) is 1.91. The van der Waals surface area contributed by atoms with E-state index in [1.54, 1.807) is 7.11 Å². The summed E-state index contributed by atoms with van der Waals surface area (Å²) in [4.78, 5) is 0. The summed E-state index contributed by atoms with van der Waals surface area (Å²) in [5.41, 5.74) is 2.61. The summed E-state index contributed by atoms with van der Waals surface area (Å²) in [6, 6.07) is 6.55. The molecule has 0 aliphatic heterocycles. The monoisotopic (exact) mass is 221 g/mol. The Kier molecular flexibility index (Phi) is 4.81. The Bertz CT molecular complexity index is 334. The predicted octanol–water partition coefficient (Wildman–Crippen LogP) is 3.14. The van der Waals surface area contributed by atoms with E-state index in [0.717, 1.165) is 12.3 Å². The van der Waals surface area contributed by atoms with Crippen LogP contribution in [0.1, 0.15) is 43.7 Å². The van der Waals surface area contributed by atoms with E-state index in [2.05, 4.69) is 44.3 Å². The molecule has 0 fully saturated rings. The Morgan fingerprint density at radius 2 is 1.94 bits per heavy atom. The molecule has 1 atom stereocenters. The van der Waals surface area contributed by atoms with E-state index in [-0.39, 0.29) is 0 Å². The average molecular weight is 221 g/mol. The highest BCUT2D eigenvalue weighted by Gasteiger charge is 2.12. The van der Waals surface area contributed by atoms with Gasteiger partial charge in [-0.2, -0.15) is 0 Å². The molecule has 0 bridgehead atoms. The quantitative estimate of drug-likeness (QED) is 0.824. The van der Waals surface area contributed by atoms with Gasteiger partial charge < -0.3 is 10.1 Å². The van der Waals surface area contributed by atoms with Crippen molar-refractivity contribution < 1.29 is 4.74 Å². The summed E-state index contributed by atoms with van der Waals surface area (Å²) >= 11 is 0. The molecule has 1 aromatic carbocycles. The van der Waals surface area contributed by atoms with Gasteiger partial charge in [-0.25, -0.2) is 0 Å². The zero-order valence-electron chi connectivity index (χ0n) is 11.0. The van der Waals surface area contributed by atoms with E-state index in [1.807, 2.05) is 7.05 Å². The lowest BCUT2D eigenvalue weighted by Gasteiger charge is -2.17. The standard InChI is InChI=1S/C14H23NO/c1-10(2)12-6-7-13(11(3)9-15-4)14(8-12)16-5/h6-8,10-11,15H,9H2,1-5H3. The molecule has 0 saturated carbocycles. The molecule has 2 heteroatoms. The highest BCUT2D eigenvalue weighted by atomic mass is 16.5. The van der Waals surface area contributed by atoms with Crippen molar-refractivity contribution in [3.8, 4) is 5.75 Å². The Hall–Kier alpha value is -1.02. The van der Waals surface area contributed by atoms with Crippen LogP contribution in [-0.4, -0.2) is 20.7 Å². The first-order valence-electron chi connectivity index (χ1n) is 5.92. The Morgan fingerprint density at radius 3 is 2.44 bits per heavy atom. The predicted molar refractivity (Wildman–Crippen MR) is 69.4 cm³/mol. The van der Waals surface area contributed by atoms with Gasteiger partial charge in [-0.3, -0.25) is 0 Å². The number of hydrogen-bond acceptors (Lipinski definition) is 2. The van der Waals surface area contributed by atoms with Crippen molar-refractivity contribution in [2.45, 2.75) is 32.6 Å². The third kappa shape index (κ3) is 2.99. The minimum Gasteiger partial charge on any atom is -0.496 e. The number of ether oxygens (including phenoxy) is 1.